The molecule has 1 N–H and O–H groups in total. The van der Waals surface area contributed by atoms with Crippen LogP contribution in [0.4, 0.5) is 18.9 Å². The molecule has 0 aromatic heterocycles. The van der Waals surface area contributed by atoms with Crippen LogP contribution in [-0.4, -0.2) is 51.8 Å². The van der Waals surface area contributed by atoms with E-state index in [1.54, 1.807) is 36.4 Å². The fourth-order valence-corrected chi connectivity index (χ4v) is 4.69. The van der Waals surface area contributed by atoms with Crippen molar-refractivity contribution >= 4 is 29.3 Å². The number of anilines is 1. The molecule has 176 valence electrons. The van der Waals surface area contributed by atoms with Gasteiger partial charge in [0.1, 0.15) is 0 Å². The van der Waals surface area contributed by atoms with Crippen LogP contribution in [0.1, 0.15) is 5.56 Å². The number of imide groups is 1. The van der Waals surface area contributed by atoms with Crippen molar-refractivity contribution in [3.63, 3.8) is 0 Å². The first-order valence-electron chi connectivity index (χ1n) is 10.4. The summed E-state index contributed by atoms with van der Waals surface area (Å²) in [6.07, 6.45) is -1.74. The van der Waals surface area contributed by atoms with Crippen molar-refractivity contribution in [2.24, 2.45) is 11.8 Å². The van der Waals surface area contributed by atoms with E-state index < -0.39 is 30.0 Å². The molecule has 2 amide bonds. The van der Waals surface area contributed by atoms with Gasteiger partial charge in [-0.25, -0.2) is 9.69 Å². The quantitative estimate of drug-likeness (QED) is 0.691. The van der Waals surface area contributed by atoms with E-state index in [0.29, 0.717) is 12.2 Å². The van der Waals surface area contributed by atoms with E-state index in [9.17, 15) is 27.6 Å². The lowest BCUT2D eigenvalue weighted by molar-refractivity contribution is -0.192. The molecule has 2 fully saturated rings. The second-order valence-corrected chi connectivity index (χ2v) is 8.06. The number of carboxylic acids is 1. The van der Waals surface area contributed by atoms with Crippen LogP contribution >= 0.6 is 0 Å². The minimum absolute atomic E-state index is 0.0919. The minimum atomic E-state index is -5.08. The van der Waals surface area contributed by atoms with E-state index in [-0.39, 0.29) is 23.6 Å². The predicted molar refractivity (Wildman–Crippen MR) is 113 cm³/mol. The number of fused-ring (bicyclic) bond motifs is 5. The smallest absolute Gasteiger partial charge is 0.475 e. The third-order valence-electron chi connectivity index (χ3n) is 6.06. The number of ketones is 1. The second-order valence-electron chi connectivity index (χ2n) is 8.06. The van der Waals surface area contributed by atoms with Crippen LogP contribution in [0.5, 0.6) is 0 Å². The number of halogens is 3. The van der Waals surface area contributed by atoms with Crippen LogP contribution in [0.25, 0.3) is 0 Å². The number of nitrogens with zero attached hydrogens (tertiary/aromatic N) is 2. The number of hydrogen-bond donors (Lipinski definition) is 1. The lowest BCUT2D eigenvalue weighted by Gasteiger charge is -2.33. The molecule has 0 aliphatic carbocycles. The fourth-order valence-electron chi connectivity index (χ4n) is 4.69. The Labute approximate surface area is 192 Å². The monoisotopic (exact) mass is 472 g/mol. The van der Waals surface area contributed by atoms with Gasteiger partial charge in [-0.15, -0.1) is 0 Å². The molecular weight excluding hydrogens is 453 g/mol. The van der Waals surface area contributed by atoms with E-state index in [4.69, 9.17) is 9.90 Å². The molecule has 0 spiro atoms. The van der Waals surface area contributed by atoms with Gasteiger partial charge in [0, 0.05) is 12.6 Å². The van der Waals surface area contributed by atoms with Gasteiger partial charge in [-0.1, -0.05) is 54.6 Å². The summed E-state index contributed by atoms with van der Waals surface area (Å²) in [7, 11) is 0. The summed E-state index contributed by atoms with van der Waals surface area (Å²) in [5.74, 6) is -4.44. The summed E-state index contributed by atoms with van der Waals surface area (Å²) in [4.78, 5) is 51.2. The van der Waals surface area contributed by atoms with Crippen molar-refractivity contribution in [2.75, 3.05) is 4.90 Å². The highest BCUT2D eigenvalue weighted by molar-refractivity contribution is 6.24. The van der Waals surface area contributed by atoms with Gasteiger partial charge in [-0.3, -0.25) is 19.3 Å². The van der Waals surface area contributed by atoms with Gasteiger partial charge in [-0.2, -0.15) is 13.2 Å². The van der Waals surface area contributed by atoms with E-state index in [1.807, 2.05) is 41.3 Å². The van der Waals surface area contributed by atoms with Crippen LogP contribution in [0.3, 0.4) is 0 Å². The maximum atomic E-state index is 13.2. The first-order chi connectivity index (χ1) is 16.1. The highest BCUT2D eigenvalue weighted by atomic mass is 19.4. The summed E-state index contributed by atoms with van der Waals surface area (Å²) in [5, 5.41) is 7.12. The van der Waals surface area contributed by atoms with Gasteiger partial charge in [-0.05, 0) is 23.8 Å². The number of carbonyl (C=O) groups is 4. The average molecular weight is 472 g/mol. The molecule has 2 bridgehead atoms. The zero-order chi connectivity index (χ0) is 24.6. The highest BCUT2D eigenvalue weighted by Gasteiger charge is 2.64. The van der Waals surface area contributed by atoms with Crippen molar-refractivity contribution in [3.8, 4) is 0 Å². The van der Waals surface area contributed by atoms with Crippen LogP contribution in [-0.2, 0) is 25.7 Å². The van der Waals surface area contributed by atoms with E-state index in [0.717, 1.165) is 5.56 Å². The Balaban J connectivity index is 0.000000344. The summed E-state index contributed by atoms with van der Waals surface area (Å²) in [5.41, 5.74) is 1.64. The Morgan fingerprint density at radius 3 is 1.97 bits per heavy atom. The van der Waals surface area contributed by atoms with Crippen LogP contribution in [0.2, 0.25) is 0 Å². The molecule has 4 atom stereocenters. The molecule has 34 heavy (non-hydrogen) atoms. The first-order valence-corrected chi connectivity index (χ1v) is 10.4. The Morgan fingerprint density at radius 1 is 0.882 bits per heavy atom. The average Bonchev–Trinajstić information content (AvgIpc) is 3.18. The molecule has 2 aromatic rings. The van der Waals surface area contributed by atoms with Crippen molar-refractivity contribution < 1.29 is 37.5 Å². The topological polar surface area (TPSA) is 95.0 Å². The number of amides is 2. The number of hydrogen-bond acceptors (Lipinski definition) is 5. The minimum Gasteiger partial charge on any atom is -0.475 e. The number of benzene rings is 2. The molecule has 2 aromatic carbocycles. The molecule has 0 radical (unpaired) electrons. The Hall–Kier alpha value is -3.79. The van der Waals surface area contributed by atoms with Gasteiger partial charge in [0.2, 0.25) is 11.8 Å². The lowest BCUT2D eigenvalue weighted by atomic mass is 9.90. The summed E-state index contributed by atoms with van der Waals surface area (Å²) >= 11 is 0. The van der Waals surface area contributed by atoms with Gasteiger partial charge in [0.05, 0.1) is 23.6 Å². The third kappa shape index (κ3) is 4.12. The molecule has 2 saturated heterocycles. The fraction of sp³-hybridized carbons (Fsp3) is 0.250. The zero-order valence-electron chi connectivity index (χ0n) is 17.6. The molecular formula is C24H19F3N2O5. The SMILES string of the molecule is O=C(O)C(F)(F)F.O=C1C=CC2C3C(=O)N(c4ccccc4)C(=O)C3C1N2Cc1ccccc1. The molecule has 3 aliphatic heterocycles. The summed E-state index contributed by atoms with van der Waals surface area (Å²) in [6, 6.07) is 18.0. The highest BCUT2D eigenvalue weighted by Crippen LogP contribution is 2.47. The van der Waals surface area contributed by atoms with Crippen molar-refractivity contribution in [3.05, 3.63) is 78.4 Å². The van der Waals surface area contributed by atoms with Crippen molar-refractivity contribution in [2.45, 2.75) is 24.8 Å². The Kier molecular flexibility index (Phi) is 6.09. The van der Waals surface area contributed by atoms with Crippen LogP contribution < -0.4 is 4.90 Å². The van der Waals surface area contributed by atoms with E-state index in [2.05, 4.69) is 0 Å². The zero-order valence-corrected chi connectivity index (χ0v) is 17.6. The number of para-hydroxylation sites is 1. The van der Waals surface area contributed by atoms with Gasteiger partial charge in [0.15, 0.2) is 5.78 Å². The van der Waals surface area contributed by atoms with Crippen LogP contribution in [0, 0.1) is 11.8 Å². The predicted octanol–water partition coefficient (Wildman–Crippen LogP) is 2.82. The number of carbonyl (C=O) groups excluding carboxylic acids is 3. The number of carboxylic acid groups (broad SMARTS) is 1. The Morgan fingerprint density at radius 2 is 1.41 bits per heavy atom. The summed E-state index contributed by atoms with van der Waals surface area (Å²) < 4.78 is 31.7. The lowest BCUT2D eigenvalue weighted by Crippen LogP contribution is -2.48. The molecule has 7 nitrogen and oxygen atoms in total. The molecule has 3 heterocycles. The largest absolute Gasteiger partial charge is 0.490 e. The maximum Gasteiger partial charge on any atom is 0.490 e. The molecule has 0 saturated carbocycles. The van der Waals surface area contributed by atoms with E-state index >= 15 is 0 Å². The summed E-state index contributed by atoms with van der Waals surface area (Å²) in [6.45, 7) is 0.547. The van der Waals surface area contributed by atoms with Crippen molar-refractivity contribution in [1.82, 2.24) is 4.90 Å². The third-order valence-corrected chi connectivity index (χ3v) is 6.06. The molecule has 10 heteroatoms. The van der Waals surface area contributed by atoms with Crippen molar-refractivity contribution in [1.29, 1.82) is 0 Å². The number of alkyl halides is 3. The second kappa shape index (κ2) is 8.86. The standard InChI is InChI=1S/C22H18N2O3.C2HF3O2/c25-17-12-11-16-18-19(20(17)23(16)13-14-7-3-1-4-8-14)22(27)24(21(18)26)15-9-5-2-6-10-15;3-2(4,5)1(6)7/h1-12,16,18-20H,13H2;(H,6,7). The normalized spacial score (nSPS) is 25.7. The van der Waals surface area contributed by atoms with Gasteiger partial charge >= 0.3 is 12.1 Å². The molecule has 4 unspecified atom stereocenters. The number of aliphatic carboxylic acids is 1. The van der Waals surface area contributed by atoms with E-state index in [1.165, 1.54) is 4.90 Å². The first kappa shape index (κ1) is 23.4. The maximum absolute atomic E-state index is 13.2. The number of rotatable bonds is 3. The molecule has 3 aliphatic rings. The van der Waals surface area contributed by atoms with Gasteiger partial charge in [0.25, 0.3) is 0 Å². The Bertz CT molecular complexity index is 1150. The molecule has 5 rings (SSSR count). The van der Waals surface area contributed by atoms with Gasteiger partial charge < -0.3 is 5.11 Å². The van der Waals surface area contributed by atoms with Crippen LogP contribution in [0.15, 0.2) is 72.8 Å².